The van der Waals surface area contributed by atoms with Crippen molar-refractivity contribution in [3.63, 3.8) is 0 Å². The van der Waals surface area contributed by atoms with Crippen molar-refractivity contribution in [2.45, 2.75) is 52.4 Å². The maximum Gasteiger partial charge on any atom is 0.248 e. The molecule has 1 aliphatic heterocycles. The quantitative estimate of drug-likeness (QED) is 0.148. The summed E-state index contributed by atoms with van der Waals surface area (Å²) >= 11 is 3.36. The molecule has 2 aliphatic rings. The SMILES string of the molecule is CC(=O)c1nn(CC(=O)N2[C@H](C(=O)Nc3nc(Br)ccc3C)C[C@@]3(Cn4ccnn4)C#C[C@@H]23)c2ccc(-c3cnc(C)nc3)cc12. The number of halogens is 1. The molecule has 2 amide bonds. The summed E-state index contributed by atoms with van der Waals surface area (Å²) in [6.07, 6.45) is 7.06. The van der Waals surface area contributed by atoms with Gasteiger partial charge in [-0.2, -0.15) is 5.10 Å². The van der Waals surface area contributed by atoms with Gasteiger partial charge in [-0.15, -0.1) is 5.10 Å². The first-order valence-corrected chi connectivity index (χ1v) is 15.3. The van der Waals surface area contributed by atoms with E-state index in [-0.39, 0.29) is 29.8 Å². The van der Waals surface area contributed by atoms with E-state index in [1.165, 1.54) is 11.6 Å². The predicted octanol–water partition coefficient (Wildman–Crippen LogP) is 3.37. The number of likely N-dealkylation sites (tertiary alicyclic amines) is 1. The number of aromatic nitrogens is 8. The number of Topliss-reactive ketones (excluding diaryl/α,β-unsaturated/α-hetero) is 1. The molecule has 7 rings (SSSR count). The minimum absolute atomic E-state index is 0.202. The van der Waals surface area contributed by atoms with E-state index in [1.54, 1.807) is 40.4 Å². The Balaban J connectivity index is 1.22. The molecule has 0 bridgehead atoms. The summed E-state index contributed by atoms with van der Waals surface area (Å²) in [5.41, 5.74) is 2.55. The van der Waals surface area contributed by atoms with Crippen LogP contribution in [0.3, 0.4) is 0 Å². The number of aryl methyl sites for hydroxylation is 2. The number of ketones is 1. The number of carbonyl (C=O) groups is 3. The molecular weight excluding hydrogens is 652 g/mol. The number of nitrogens with zero attached hydrogens (tertiary/aromatic N) is 9. The van der Waals surface area contributed by atoms with Crippen molar-refractivity contribution in [3.8, 4) is 23.0 Å². The third kappa shape index (κ3) is 5.12. The Labute approximate surface area is 271 Å². The number of fused-ring (bicyclic) bond motifs is 2. The Morgan fingerprint density at radius 2 is 1.91 bits per heavy atom. The number of hydrogen-bond donors (Lipinski definition) is 1. The molecule has 13 nitrogen and oxygen atoms in total. The number of hydrogen-bond acceptors (Lipinski definition) is 9. The minimum atomic E-state index is -0.856. The highest BCUT2D eigenvalue weighted by Gasteiger charge is 2.58. The zero-order valence-electron chi connectivity index (χ0n) is 25.1. The fraction of sp³-hybridized carbons (Fsp3) is 0.281. The molecule has 0 spiro atoms. The summed E-state index contributed by atoms with van der Waals surface area (Å²) in [5.74, 6) is 6.46. The Morgan fingerprint density at radius 3 is 2.61 bits per heavy atom. The van der Waals surface area contributed by atoms with Crippen LogP contribution in [0.2, 0.25) is 0 Å². The number of pyridine rings is 1. The van der Waals surface area contributed by atoms with Crippen LogP contribution in [0.15, 0.2) is 59.7 Å². The fourth-order valence-corrected chi connectivity index (χ4v) is 6.43. The summed E-state index contributed by atoms with van der Waals surface area (Å²) in [5, 5.41) is 16.1. The number of rotatable bonds is 8. The molecule has 230 valence electrons. The van der Waals surface area contributed by atoms with Crippen LogP contribution >= 0.6 is 15.9 Å². The molecule has 1 fully saturated rings. The van der Waals surface area contributed by atoms with Crippen molar-refractivity contribution in [1.29, 1.82) is 0 Å². The molecule has 1 saturated heterocycles. The Morgan fingerprint density at radius 1 is 1.11 bits per heavy atom. The lowest BCUT2D eigenvalue weighted by Gasteiger charge is -2.36. The first-order valence-electron chi connectivity index (χ1n) is 14.5. The number of carbonyl (C=O) groups excluding carboxylic acids is 3. The van der Waals surface area contributed by atoms with Crippen LogP contribution in [-0.2, 0) is 22.7 Å². The first-order chi connectivity index (χ1) is 22.1. The number of nitrogens with one attached hydrogen (secondary N) is 1. The average Bonchev–Trinajstić information content (AvgIpc) is 3.72. The summed E-state index contributed by atoms with van der Waals surface area (Å²) in [6.45, 7) is 5.27. The average molecular weight is 680 g/mol. The van der Waals surface area contributed by atoms with Crippen LogP contribution in [0.4, 0.5) is 5.82 Å². The van der Waals surface area contributed by atoms with E-state index in [2.05, 4.69) is 63.5 Å². The lowest BCUT2D eigenvalue weighted by Crippen LogP contribution is -2.52. The van der Waals surface area contributed by atoms with Gasteiger partial charge >= 0.3 is 0 Å². The molecule has 1 aliphatic carbocycles. The molecule has 1 N–H and O–H groups in total. The summed E-state index contributed by atoms with van der Waals surface area (Å²) in [6, 6.07) is 7.81. The molecule has 0 saturated carbocycles. The highest BCUT2D eigenvalue weighted by Crippen LogP contribution is 2.46. The molecule has 0 radical (unpaired) electrons. The monoisotopic (exact) mass is 678 g/mol. The van der Waals surface area contributed by atoms with E-state index in [4.69, 9.17) is 0 Å². The lowest BCUT2D eigenvalue weighted by atomic mass is 9.73. The van der Waals surface area contributed by atoms with Crippen LogP contribution in [0, 0.1) is 31.1 Å². The van der Waals surface area contributed by atoms with Gasteiger partial charge in [0, 0.05) is 36.5 Å². The zero-order valence-corrected chi connectivity index (χ0v) is 26.7. The third-order valence-electron chi connectivity index (χ3n) is 8.45. The van der Waals surface area contributed by atoms with Gasteiger partial charge in [0.25, 0.3) is 0 Å². The van der Waals surface area contributed by atoms with E-state index in [0.717, 1.165) is 16.7 Å². The van der Waals surface area contributed by atoms with Crippen molar-refractivity contribution in [1.82, 2.24) is 44.6 Å². The molecule has 3 atom stereocenters. The van der Waals surface area contributed by atoms with Crippen molar-refractivity contribution in [2.24, 2.45) is 5.41 Å². The molecule has 46 heavy (non-hydrogen) atoms. The Hall–Kier alpha value is -5.29. The molecule has 14 heteroatoms. The van der Waals surface area contributed by atoms with Gasteiger partial charge < -0.3 is 10.2 Å². The fourth-order valence-electron chi connectivity index (χ4n) is 6.12. The standard InChI is InChI=1S/C32H27BrN10O3/c1-18-4-7-27(33)37-30(18)38-31(46)25-13-32(17-41-11-10-36-40-41)9-8-26(32)43(25)28(45)16-42-24-6-5-21(22-14-34-20(3)35-15-22)12-23(24)29(39-42)19(2)44/h4-7,10-12,14-15,25-26H,13,16-17H2,1-3H3,(H,37,38,46)/t25-,26+,32+/m0/s1. The van der Waals surface area contributed by atoms with Crippen LogP contribution in [0.25, 0.3) is 22.0 Å². The van der Waals surface area contributed by atoms with Gasteiger partial charge in [0.1, 0.15) is 40.6 Å². The van der Waals surface area contributed by atoms with Crippen LogP contribution < -0.4 is 5.32 Å². The van der Waals surface area contributed by atoms with E-state index in [1.807, 2.05) is 38.1 Å². The van der Waals surface area contributed by atoms with Crippen LogP contribution in [-0.4, -0.2) is 74.3 Å². The second-order valence-corrected chi connectivity index (χ2v) is 12.4. The van der Waals surface area contributed by atoms with Crippen molar-refractivity contribution >= 4 is 50.2 Å². The maximum absolute atomic E-state index is 14.2. The van der Waals surface area contributed by atoms with Crippen LogP contribution in [0.5, 0.6) is 0 Å². The van der Waals surface area contributed by atoms with E-state index in [9.17, 15) is 14.4 Å². The molecular formula is C32H27BrN10O3. The Kier molecular flexibility index (Phi) is 7.20. The maximum atomic E-state index is 14.2. The van der Waals surface area contributed by atoms with Gasteiger partial charge in [-0.1, -0.05) is 29.2 Å². The molecule has 5 aromatic rings. The van der Waals surface area contributed by atoms with Crippen molar-refractivity contribution in [3.05, 3.63) is 76.8 Å². The highest BCUT2D eigenvalue weighted by atomic mass is 79.9. The summed E-state index contributed by atoms with van der Waals surface area (Å²) in [7, 11) is 0. The largest absolute Gasteiger partial charge is 0.313 e. The summed E-state index contributed by atoms with van der Waals surface area (Å²) in [4.78, 5) is 55.3. The topological polar surface area (TPSA) is 154 Å². The third-order valence-corrected chi connectivity index (χ3v) is 8.89. The predicted molar refractivity (Wildman–Crippen MR) is 170 cm³/mol. The van der Waals surface area contributed by atoms with E-state index >= 15 is 0 Å². The highest BCUT2D eigenvalue weighted by molar-refractivity contribution is 9.10. The molecule has 4 aromatic heterocycles. The molecule has 0 unspecified atom stereocenters. The molecule has 5 heterocycles. The number of amides is 2. The van der Waals surface area contributed by atoms with Gasteiger partial charge in [-0.3, -0.25) is 23.7 Å². The van der Waals surface area contributed by atoms with Gasteiger partial charge in [0.2, 0.25) is 11.8 Å². The van der Waals surface area contributed by atoms with E-state index in [0.29, 0.717) is 40.1 Å². The van der Waals surface area contributed by atoms with E-state index < -0.39 is 17.5 Å². The molecule has 1 aromatic carbocycles. The number of benzene rings is 1. The van der Waals surface area contributed by atoms with Gasteiger partial charge in [-0.05, 0) is 65.5 Å². The Bertz CT molecular complexity index is 2100. The van der Waals surface area contributed by atoms with Gasteiger partial charge in [0.05, 0.1) is 23.7 Å². The minimum Gasteiger partial charge on any atom is -0.313 e. The van der Waals surface area contributed by atoms with Crippen molar-refractivity contribution < 1.29 is 14.4 Å². The normalized spacial score (nSPS) is 19.7. The van der Waals surface area contributed by atoms with Crippen molar-refractivity contribution in [2.75, 3.05) is 5.32 Å². The first kappa shape index (κ1) is 29.4. The summed E-state index contributed by atoms with van der Waals surface area (Å²) < 4.78 is 3.76. The number of anilines is 1. The second kappa shape index (κ2) is 11.3. The van der Waals surface area contributed by atoms with Gasteiger partial charge in [0.15, 0.2) is 5.78 Å². The zero-order chi connectivity index (χ0) is 32.2. The van der Waals surface area contributed by atoms with Gasteiger partial charge in [-0.25, -0.2) is 15.0 Å². The second-order valence-electron chi connectivity index (χ2n) is 11.6. The lowest BCUT2D eigenvalue weighted by molar-refractivity contribution is -0.138. The smallest absolute Gasteiger partial charge is 0.248 e. The van der Waals surface area contributed by atoms with Crippen LogP contribution in [0.1, 0.15) is 35.2 Å².